The third kappa shape index (κ3) is 1.10. The Hall–Kier alpha value is -0.0400. The maximum absolute atomic E-state index is 3.57. The van der Waals surface area contributed by atoms with Crippen LogP contribution in [0.2, 0.25) is 0 Å². The van der Waals surface area contributed by atoms with Crippen molar-refractivity contribution in [2.24, 2.45) is 11.3 Å². The monoisotopic (exact) mass is 153 g/mol. The molecular weight excluding hydrogens is 134 g/mol. The molecule has 1 saturated carbocycles. The van der Waals surface area contributed by atoms with Gasteiger partial charge in [-0.2, -0.15) is 0 Å². The lowest BCUT2D eigenvalue weighted by molar-refractivity contribution is 0.261. The Labute approximate surface area is 69.6 Å². The van der Waals surface area contributed by atoms with Crippen LogP contribution in [-0.2, 0) is 0 Å². The highest BCUT2D eigenvalue weighted by Crippen LogP contribution is 2.48. The van der Waals surface area contributed by atoms with Crippen LogP contribution in [0.1, 0.15) is 39.5 Å². The summed E-state index contributed by atoms with van der Waals surface area (Å²) in [6.07, 6.45) is 5.84. The molecule has 1 heterocycles. The van der Waals surface area contributed by atoms with Crippen molar-refractivity contribution in [2.75, 3.05) is 6.54 Å². The molecule has 11 heavy (non-hydrogen) atoms. The van der Waals surface area contributed by atoms with Crippen LogP contribution in [0, 0.1) is 11.3 Å². The van der Waals surface area contributed by atoms with Gasteiger partial charge in [0.2, 0.25) is 0 Å². The van der Waals surface area contributed by atoms with Crippen molar-refractivity contribution in [1.29, 1.82) is 0 Å². The van der Waals surface area contributed by atoms with Crippen LogP contribution in [-0.4, -0.2) is 12.6 Å². The van der Waals surface area contributed by atoms with E-state index in [4.69, 9.17) is 0 Å². The Bertz CT molecular complexity index is 155. The second-order valence-corrected chi connectivity index (χ2v) is 4.64. The second kappa shape index (κ2) is 2.48. The molecule has 1 N–H and O–H groups in total. The Morgan fingerprint density at radius 1 is 1.27 bits per heavy atom. The van der Waals surface area contributed by atoms with Crippen molar-refractivity contribution >= 4 is 0 Å². The number of nitrogens with one attached hydrogen (secondary N) is 1. The third-order valence-electron chi connectivity index (χ3n) is 3.88. The molecule has 1 spiro atoms. The molecule has 2 fully saturated rings. The minimum atomic E-state index is 0.708. The third-order valence-corrected chi connectivity index (χ3v) is 3.88. The molecule has 0 aromatic carbocycles. The highest BCUT2D eigenvalue weighted by atomic mass is 15.0. The summed E-state index contributed by atoms with van der Waals surface area (Å²) in [7, 11) is 0. The van der Waals surface area contributed by atoms with Crippen molar-refractivity contribution in [3.8, 4) is 0 Å². The topological polar surface area (TPSA) is 12.0 Å². The fraction of sp³-hybridized carbons (Fsp3) is 1.00. The Kier molecular flexibility index (Phi) is 1.71. The Morgan fingerprint density at radius 2 is 2.09 bits per heavy atom. The summed E-state index contributed by atoms with van der Waals surface area (Å²) in [5.41, 5.74) is 0.708. The fourth-order valence-corrected chi connectivity index (χ4v) is 3.02. The van der Waals surface area contributed by atoms with Gasteiger partial charge in [0.25, 0.3) is 0 Å². The van der Waals surface area contributed by atoms with Gasteiger partial charge in [0.05, 0.1) is 0 Å². The van der Waals surface area contributed by atoms with Crippen molar-refractivity contribution in [1.82, 2.24) is 5.32 Å². The molecule has 64 valence electrons. The van der Waals surface area contributed by atoms with Gasteiger partial charge in [-0.25, -0.2) is 0 Å². The normalized spacial score (nSPS) is 50.7. The molecule has 2 aliphatic rings. The minimum absolute atomic E-state index is 0.708. The molecular formula is C10H19N. The molecule has 1 nitrogen and oxygen atoms in total. The first-order valence-electron chi connectivity index (χ1n) is 4.96. The first-order chi connectivity index (χ1) is 5.23. The van der Waals surface area contributed by atoms with Crippen LogP contribution >= 0.6 is 0 Å². The van der Waals surface area contributed by atoms with Crippen LogP contribution in [0.3, 0.4) is 0 Å². The Morgan fingerprint density at radius 3 is 2.55 bits per heavy atom. The standard InChI is InChI=1S/C10H19N/c1-8-3-4-10(7-8)5-6-11-9(10)2/h8-9,11H,3-7H2,1-2H3. The lowest BCUT2D eigenvalue weighted by Crippen LogP contribution is -2.31. The number of rotatable bonds is 0. The van der Waals surface area contributed by atoms with E-state index in [2.05, 4.69) is 19.2 Å². The largest absolute Gasteiger partial charge is 0.314 e. The van der Waals surface area contributed by atoms with E-state index in [1.54, 1.807) is 0 Å². The van der Waals surface area contributed by atoms with Crippen molar-refractivity contribution in [3.63, 3.8) is 0 Å². The van der Waals surface area contributed by atoms with Gasteiger partial charge >= 0.3 is 0 Å². The quantitative estimate of drug-likeness (QED) is 0.562. The zero-order valence-electron chi connectivity index (χ0n) is 7.69. The van der Waals surface area contributed by atoms with Gasteiger partial charge in [-0.05, 0) is 44.1 Å². The molecule has 1 saturated heterocycles. The van der Waals surface area contributed by atoms with Crippen LogP contribution in [0.5, 0.6) is 0 Å². The zero-order chi connectivity index (χ0) is 7.90. The summed E-state index contributed by atoms with van der Waals surface area (Å²) >= 11 is 0. The summed E-state index contributed by atoms with van der Waals surface area (Å²) in [5, 5.41) is 3.57. The molecule has 1 aliphatic carbocycles. The first kappa shape index (κ1) is 7.60. The van der Waals surface area contributed by atoms with Crippen LogP contribution < -0.4 is 5.32 Å². The highest BCUT2D eigenvalue weighted by molar-refractivity contribution is 4.99. The molecule has 3 atom stereocenters. The van der Waals surface area contributed by atoms with Gasteiger partial charge in [0.1, 0.15) is 0 Å². The smallest absolute Gasteiger partial charge is 0.00957 e. The SMILES string of the molecule is CC1CCC2(CCNC2C)C1. The molecule has 2 rings (SSSR count). The zero-order valence-corrected chi connectivity index (χ0v) is 7.69. The second-order valence-electron chi connectivity index (χ2n) is 4.64. The van der Waals surface area contributed by atoms with Crippen molar-refractivity contribution in [3.05, 3.63) is 0 Å². The van der Waals surface area contributed by atoms with Gasteiger partial charge in [-0.1, -0.05) is 13.3 Å². The summed E-state index contributed by atoms with van der Waals surface area (Å²) < 4.78 is 0. The summed E-state index contributed by atoms with van der Waals surface area (Å²) in [4.78, 5) is 0. The molecule has 3 unspecified atom stereocenters. The first-order valence-corrected chi connectivity index (χ1v) is 4.96. The highest BCUT2D eigenvalue weighted by Gasteiger charge is 2.44. The molecule has 0 aromatic rings. The van der Waals surface area contributed by atoms with Crippen LogP contribution in [0.15, 0.2) is 0 Å². The van der Waals surface area contributed by atoms with Gasteiger partial charge < -0.3 is 5.32 Å². The van der Waals surface area contributed by atoms with E-state index in [0.717, 1.165) is 12.0 Å². The average molecular weight is 153 g/mol. The van der Waals surface area contributed by atoms with E-state index in [9.17, 15) is 0 Å². The van der Waals surface area contributed by atoms with Crippen LogP contribution in [0.4, 0.5) is 0 Å². The van der Waals surface area contributed by atoms with Gasteiger partial charge in [0.15, 0.2) is 0 Å². The molecule has 0 amide bonds. The lowest BCUT2D eigenvalue weighted by atomic mass is 9.79. The minimum Gasteiger partial charge on any atom is -0.314 e. The summed E-state index contributed by atoms with van der Waals surface area (Å²) in [6.45, 7) is 6.03. The molecule has 1 heteroatoms. The van der Waals surface area contributed by atoms with Crippen molar-refractivity contribution < 1.29 is 0 Å². The van der Waals surface area contributed by atoms with E-state index in [1.165, 1.54) is 32.2 Å². The van der Waals surface area contributed by atoms with E-state index < -0.39 is 0 Å². The summed E-state index contributed by atoms with van der Waals surface area (Å²) in [6, 6.07) is 0.785. The number of hydrogen-bond donors (Lipinski definition) is 1. The maximum Gasteiger partial charge on any atom is 0.00957 e. The molecule has 1 aliphatic heterocycles. The molecule has 0 aromatic heterocycles. The molecule has 0 radical (unpaired) electrons. The van der Waals surface area contributed by atoms with E-state index >= 15 is 0 Å². The predicted molar refractivity (Wildman–Crippen MR) is 47.5 cm³/mol. The average Bonchev–Trinajstić information content (AvgIpc) is 2.46. The van der Waals surface area contributed by atoms with Gasteiger partial charge in [-0.15, -0.1) is 0 Å². The van der Waals surface area contributed by atoms with Crippen LogP contribution in [0.25, 0.3) is 0 Å². The van der Waals surface area contributed by atoms with E-state index in [1.807, 2.05) is 0 Å². The number of hydrogen-bond acceptors (Lipinski definition) is 1. The van der Waals surface area contributed by atoms with Crippen molar-refractivity contribution in [2.45, 2.75) is 45.6 Å². The predicted octanol–water partition coefficient (Wildman–Crippen LogP) is 2.17. The van der Waals surface area contributed by atoms with Gasteiger partial charge in [-0.3, -0.25) is 0 Å². The van der Waals surface area contributed by atoms with E-state index in [-0.39, 0.29) is 0 Å². The van der Waals surface area contributed by atoms with E-state index in [0.29, 0.717) is 5.41 Å². The van der Waals surface area contributed by atoms with Gasteiger partial charge in [0, 0.05) is 6.04 Å². The maximum atomic E-state index is 3.57. The summed E-state index contributed by atoms with van der Waals surface area (Å²) in [5.74, 6) is 0.984. The lowest BCUT2D eigenvalue weighted by Gasteiger charge is -2.27. The molecule has 0 bridgehead atoms. The Balaban J connectivity index is 2.10. The fourth-order valence-electron chi connectivity index (χ4n) is 3.02.